The maximum atomic E-state index is 10.5. The predicted molar refractivity (Wildman–Crippen MR) is 79.5 cm³/mol. The van der Waals surface area contributed by atoms with Gasteiger partial charge in [0, 0.05) is 0 Å². The number of rotatable bonds is 8. The third-order valence-corrected chi connectivity index (χ3v) is 5.09. The van der Waals surface area contributed by atoms with Gasteiger partial charge in [0.2, 0.25) is 0 Å². The smallest absolute Gasteiger partial charge is 0.127 e. The average molecular weight is 398 g/mol. The molecule has 0 unspecified atom stereocenters. The first-order valence-corrected chi connectivity index (χ1v) is 10.0. The molecule has 1 saturated heterocycles. The fraction of sp³-hybridized carbons (Fsp3) is 1.00. The molecule has 1 aliphatic heterocycles. The quantitative estimate of drug-likeness (QED) is 0.286. The average Bonchev–Trinajstić information content (AvgIpc) is 2.26. The van der Waals surface area contributed by atoms with Crippen LogP contribution in [0.4, 0.5) is 0 Å². The molecule has 0 spiro atoms. The maximum Gasteiger partial charge on any atom is 0.127 e. The Morgan fingerprint density at radius 1 is 0.750 bits per heavy atom. The highest BCUT2D eigenvalue weighted by Gasteiger charge is 2.27. The van der Waals surface area contributed by atoms with Gasteiger partial charge >= 0.3 is 0 Å². The van der Waals surface area contributed by atoms with Crippen molar-refractivity contribution in [1.82, 2.24) is 0 Å². The summed E-state index contributed by atoms with van der Waals surface area (Å²) in [7, 11) is -8.91. The molecule has 1 rings (SSSR count). The van der Waals surface area contributed by atoms with Gasteiger partial charge in [0.25, 0.3) is 0 Å². The van der Waals surface area contributed by atoms with Crippen LogP contribution in [0.1, 0.15) is 0 Å². The van der Waals surface area contributed by atoms with Gasteiger partial charge in [0.15, 0.2) is 0 Å². The SMILES string of the molecule is O.O.O=S(=O)([O-])C[C@H](O)C[NH+]1CC[NH+](C[C@H](O)CS(=O)(=O)[O-])CC1. The minimum atomic E-state index is -4.46. The lowest BCUT2D eigenvalue weighted by Gasteiger charge is -2.31. The van der Waals surface area contributed by atoms with Crippen LogP contribution in [0.3, 0.4) is 0 Å². The van der Waals surface area contributed by atoms with Crippen LogP contribution in [-0.2, 0) is 20.2 Å². The van der Waals surface area contributed by atoms with E-state index in [1.807, 2.05) is 0 Å². The summed E-state index contributed by atoms with van der Waals surface area (Å²) < 4.78 is 63.2. The van der Waals surface area contributed by atoms with Crippen LogP contribution in [0.2, 0.25) is 0 Å². The number of quaternary nitrogens is 2. The normalized spacial score (nSPS) is 24.3. The second-order valence-corrected chi connectivity index (χ2v) is 8.56. The Balaban J connectivity index is 0. The molecule has 24 heavy (non-hydrogen) atoms. The van der Waals surface area contributed by atoms with Crippen molar-refractivity contribution >= 4 is 20.2 Å². The molecule has 12 nitrogen and oxygen atoms in total. The molecule has 0 aliphatic carbocycles. The van der Waals surface area contributed by atoms with Crippen LogP contribution in [0.25, 0.3) is 0 Å². The monoisotopic (exact) mass is 398 g/mol. The Morgan fingerprint density at radius 3 is 1.21 bits per heavy atom. The number of hydrogen-bond acceptors (Lipinski definition) is 8. The van der Waals surface area contributed by atoms with Crippen LogP contribution in [-0.4, -0.2) is 110 Å². The largest absolute Gasteiger partial charge is 0.748 e. The molecular formula is C10H26N2O10S2. The molecule has 0 radical (unpaired) electrons. The predicted octanol–water partition coefficient (Wildman–Crippen LogP) is -8.07. The van der Waals surface area contributed by atoms with E-state index < -0.39 is 43.9 Å². The first kappa shape index (κ1) is 25.8. The Morgan fingerprint density at radius 2 is 1.00 bits per heavy atom. The summed E-state index contributed by atoms with van der Waals surface area (Å²) >= 11 is 0. The summed E-state index contributed by atoms with van der Waals surface area (Å²) in [5.41, 5.74) is 0. The van der Waals surface area contributed by atoms with Crippen molar-refractivity contribution in [3.8, 4) is 0 Å². The lowest BCUT2D eigenvalue weighted by Crippen LogP contribution is -3.29. The standard InChI is InChI=1S/C10H22N2O8S2.2H2O/c13-9(7-21(15,16)17)5-11-1-2-12(4-3-11)6-10(14)8-22(18,19)20;;/h9-10,13-14H,1-8H2,(H,15,16,17)(H,18,19,20);2*1H2/t9-,10+;;. The molecule has 1 heterocycles. The minimum Gasteiger partial charge on any atom is -0.748 e. The third kappa shape index (κ3) is 12.0. The second-order valence-electron chi connectivity index (χ2n) is 5.66. The summed E-state index contributed by atoms with van der Waals surface area (Å²) in [4.78, 5) is 1.87. The topological polar surface area (TPSA) is 227 Å². The van der Waals surface area contributed by atoms with Gasteiger partial charge in [0.1, 0.15) is 51.5 Å². The van der Waals surface area contributed by atoms with Gasteiger partial charge in [-0.25, -0.2) is 16.8 Å². The first-order chi connectivity index (χ1) is 9.94. The molecule has 1 fully saturated rings. The zero-order chi connectivity index (χ0) is 17.0. The highest BCUT2D eigenvalue weighted by molar-refractivity contribution is 7.85. The van der Waals surface area contributed by atoms with E-state index in [1.54, 1.807) is 0 Å². The van der Waals surface area contributed by atoms with Crippen molar-refractivity contribution in [1.29, 1.82) is 0 Å². The Kier molecular flexibility index (Phi) is 11.3. The van der Waals surface area contributed by atoms with Gasteiger partial charge in [-0.3, -0.25) is 0 Å². The molecule has 0 saturated carbocycles. The van der Waals surface area contributed by atoms with E-state index >= 15 is 0 Å². The van der Waals surface area contributed by atoms with Gasteiger partial charge in [-0.2, -0.15) is 0 Å². The van der Waals surface area contributed by atoms with Crippen molar-refractivity contribution in [2.24, 2.45) is 0 Å². The molecule has 0 aromatic carbocycles. The van der Waals surface area contributed by atoms with E-state index in [2.05, 4.69) is 0 Å². The van der Waals surface area contributed by atoms with Gasteiger partial charge in [-0.05, 0) is 0 Å². The minimum absolute atomic E-state index is 0. The summed E-state index contributed by atoms with van der Waals surface area (Å²) in [5, 5.41) is 19.1. The number of aliphatic hydroxyl groups is 2. The molecule has 8 N–H and O–H groups in total. The van der Waals surface area contributed by atoms with E-state index in [9.17, 15) is 36.2 Å². The fourth-order valence-corrected chi connectivity index (χ4v) is 3.80. The van der Waals surface area contributed by atoms with Crippen LogP contribution in [0, 0.1) is 0 Å². The summed E-state index contributed by atoms with van der Waals surface area (Å²) in [6.45, 7) is 2.63. The molecule has 1 aliphatic rings. The van der Waals surface area contributed by atoms with E-state index in [-0.39, 0.29) is 24.0 Å². The second kappa shape index (κ2) is 10.5. The summed E-state index contributed by atoms with van der Waals surface area (Å²) in [5.74, 6) is -1.62. The van der Waals surface area contributed by atoms with Gasteiger partial charge in [-0.1, -0.05) is 0 Å². The maximum absolute atomic E-state index is 10.5. The Hall–Kier alpha value is -0.420. The van der Waals surface area contributed by atoms with E-state index in [0.29, 0.717) is 26.2 Å². The highest BCUT2D eigenvalue weighted by Crippen LogP contribution is 1.88. The Labute approximate surface area is 140 Å². The van der Waals surface area contributed by atoms with Crippen molar-refractivity contribution in [2.45, 2.75) is 12.2 Å². The van der Waals surface area contributed by atoms with Crippen molar-refractivity contribution < 1.29 is 56.9 Å². The fourth-order valence-electron chi connectivity index (χ4n) is 2.62. The first-order valence-electron chi connectivity index (χ1n) is 6.85. The van der Waals surface area contributed by atoms with Gasteiger partial charge in [-0.15, -0.1) is 0 Å². The van der Waals surface area contributed by atoms with Gasteiger partial charge in [0.05, 0.1) is 31.7 Å². The zero-order valence-electron chi connectivity index (χ0n) is 13.0. The molecule has 14 heteroatoms. The molecule has 0 aromatic rings. The molecule has 0 amide bonds. The van der Waals surface area contributed by atoms with E-state index in [0.717, 1.165) is 9.80 Å². The number of nitrogens with one attached hydrogen (secondary N) is 2. The van der Waals surface area contributed by atoms with Crippen molar-refractivity contribution in [2.75, 3.05) is 50.8 Å². The van der Waals surface area contributed by atoms with Crippen LogP contribution in [0.5, 0.6) is 0 Å². The lowest BCUT2D eigenvalue weighted by atomic mass is 10.2. The van der Waals surface area contributed by atoms with Crippen molar-refractivity contribution in [3.05, 3.63) is 0 Å². The molecule has 0 bridgehead atoms. The molecular weight excluding hydrogens is 372 g/mol. The number of piperazine rings is 1. The molecule has 148 valence electrons. The lowest BCUT2D eigenvalue weighted by molar-refractivity contribution is -1.01. The van der Waals surface area contributed by atoms with Gasteiger partial charge < -0.3 is 40.1 Å². The molecule has 2 atom stereocenters. The summed E-state index contributed by atoms with van der Waals surface area (Å²) in [6.07, 6.45) is -2.43. The molecule has 0 aromatic heterocycles. The number of aliphatic hydroxyl groups excluding tert-OH is 2. The van der Waals surface area contributed by atoms with Crippen LogP contribution < -0.4 is 9.80 Å². The zero-order valence-corrected chi connectivity index (χ0v) is 14.6. The summed E-state index contributed by atoms with van der Waals surface area (Å²) in [6, 6.07) is 0. The van der Waals surface area contributed by atoms with Crippen molar-refractivity contribution in [3.63, 3.8) is 0 Å². The third-order valence-electron chi connectivity index (χ3n) is 3.51. The van der Waals surface area contributed by atoms with E-state index in [4.69, 9.17) is 0 Å². The number of hydrogen-bond donors (Lipinski definition) is 4. The van der Waals surface area contributed by atoms with E-state index in [1.165, 1.54) is 0 Å². The Bertz CT molecular complexity index is 494. The highest BCUT2D eigenvalue weighted by atomic mass is 32.2. The van der Waals surface area contributed by atoms with Crippen LogP contribution >= 0.6 is 0 Å². The van der Waals surface area contributed by atoms with Crippen LogP contribution in [0.15, 0.2) is 0 Å².